The summed E-state index contributed by atoms with van der Waals surface area (Å²) in [4.78, 5) is 22.2. The minimum absolute atomic E-state index is 0.0862. The van der Waals surface area contributed by atoms with Gasteiger partial charge in [0.15, 0.2) is 0 Å². The van der Waals surface area contributed by atoms with E-state index in [4.69, 9.17) is 4.52 Å². The second-order valence-electron chi connectivity index (χ2n) is 6.03. The van der Waals surface area contributed by atoms with Gasteiger partial charge in [0.2, 0.25) is 17.6 Å². The van der Waals surface area contributed by atoms with E-state index < -0.39 is 0 Å². The van der Waals surface area contributed by atoms with E-state index in [1.165, 1.54) is 6.07 Å². The molecule has 1 aliphatic rings. The van der Waals surface area contributed by atoms with Crippen LogP contribution < -0.4 is 4.90 Å². The minimum atomic E-state index is -0.327. The highest BCUT2D eigenvalue weighted by atomic mass is 19.1. The summed E-state index contributed by atoms with van der Waals surface area (Å²) in [5.41, 5.74) is 1.89. The molecule has 1 aromatic carbocycles. The summed E-state index contributed by atoms with van der Waals surface area (Å²) in [7, 11) is 0. The van der Waals surface area contributed by atoms with Crippen LogP contribution in [0.2, 0.25) is 0 Å². The molecule has 0 radical (unpaired) electrons. The second kappa shape index (κ2) is 6.08. The molecule has 0 saturated carbocycles. The lowest BCUT2D eigenvalue weighted by atomic mass is 10.1. The second-order valence-corrected chi connectivity index (χ2v) is 6.03. The average Bonchev–Trinajstić information content (AvgIpc) is 3.25. The van der Waals surface area contributed by atoms with Gasteiger partial charge in [-0.1, -0.05) is 11.2 Å². The molecule has 1 saturated heterocycles. The van der Waals surface area contributed by atoms with Gasteiger partial charge in [-0.25, -0.2) is 4.39 Å². The van der Waals surface area contributed by atoms with E-state index in [1.807, 2.05) is 0 Å². The third-order valence-electron chi connectivity index (χ3n) is 4.32. The van der Waals surface area contributed by atoms with Crippen LogP contribution in [0.25, 0.3) is 11.4 Å². The van der Waals surface area contributed by atoms with Gasteiger partial charge in [0.1, 0.15) is 5.82 Å². The predicted molar refractivity (Wildman–Crippen MR) is 88.4 cm³/mol. The Bertz CT molecular complexity index is 926. The zero-order valence-electron chi connectivity index (χ0n) is 13.5. The van der Waals surface area contributed by atoms with Gasteiger partial charge < -0.3 is 9.42 Å². The van der Waals surface area contributed by atoms with Crippen molar-refractivity contribution in [3.05, 3.63) is 60.0 Å². The molecule has 7 heteroatoms. The predicted octanol–water partition coefficient (Wildman–Crippen LogP) is 3.10. The van der Waals surface area contributed by atoms with E-state index in [9.17, 15) is 9.18 Å². The fraction of sp³-hybridized carbons (Fsp3) is 0.222. The summed E-state index contributed by atoms with van der Waals surface area (Å²) in [6, 6.07) is 8.37. The van der Waals surface area contributed by atoms with Crippen LogP contribution in [0, 0.1) is 12.7 Å². The molecular formula is C18H15FN4O2. The third-order valence-corrected chi connectivity index (χ3v) is 4.32. The van der Waals surface area contributed by atoms with Crippen molar-refractivity contribution in [2.75, 3.05) is 11.4 Å². The molecule has 4 rings (SSSR count). The van der Waals surface area contributed by atoms with Gasteiger partial charge >= 0.3 is 0 Å². The van der Waals surface area contributed by atoms with Gasteiger partial charge in [0.25, 0.3) is 0 Å². The lowest BCUT2D eigenvalue weighted by Gasteiger charge is -2.16. The summed E-state index contributed by atoms with van der Waals surface area (Å²) >= 11 is 0. The number of hydrogen-bond acceptors (Lipinski definition) is 5. The lowest BCUT2D eigenvalue weighted by Crippen LogP contribution is -2.24. The van der Waals surface area contributed by atoms with Crippen LogP contribution in [0.5, 0.6) is 0 Å². The Labute approximate surface area is 143 Å². The summed E-state index contributed by atoms with van der Waals surface area (Å²) in [5, 5.41) is 3.98. The molecule has 1 amide bonds. The molecule has 0 aliphatic carbocycles. The van der Waals surface area contributed by atoms with Crippen molar-refractivity contribution in [3.8, 4) is 11.4 Å². The molecule has 3 aromatic rings. The molecule has 3 heterocycles. The number of carbonyl (C=O) groups is 1. The van der Waals surface area contributed by atoms with Gasteiger partial charge in [0.05, 0.1) is 5.92 Å². The first-order chi connectivity index (χ1) is 12.1. The zero-order valence-corrected chi connectivity index (χ0v) is 13.5. The van der Waals surface area contributed by atoms with E-state index in [-0.39, 0.29) is 24.1 Å². The van der Waals surface area contributed by atoms with Crippen LogP contribution in [0.4, 0.5) is 10.1 Å². The number of aromatic nitrogens is 3. The number of anilines is 1. The summed E-state index contributed by atoms with van der Waals surface area (Å²) in [6.07, 6.45) is 3.56. The summed E-state index contributed by atoms with van der Waals surface area (Å²) in [6.45, 7) is 2.08. The minimum Gasteiger partial charge on any atom is -0.339 e. The molecule has 0 unspecified atom stereocenters. The molecule has 0 N–H and O–H groups in total. The van der Waals surface area contributed by atoms with Crippen molar-refractivity contribution < 1.29 is 13.7 Å². The van der Waals surface area contributed by atoms with Crippen molar-refractivity contribution in [2.24, 2.45) is 0 Å². The van der Waals surface area contributed by atoms with Gasteiger partial charge in [-0.2, -0.15) is 4.98 Å². The van der Waals surface area contributed by atoms with Crippen molar-refractivity contribution in [2.45, 2.75) is 19.3 Å². The number of aryl methyl sites for hydroxylation is 1. The fourth-order valence-electron chi connectivity index (χ4n) is 2.89. The van der Waals surface area contributed by atoms with E-state index in [1.54, 1.807) is 48.5 Å². The molecule has 0 spiro atoms. The normalized spacial score (nSPS) is 17.3. The molecule has 126 valence electrons. The van der Waals surface area contributed by atoms with Crippen LogP contribution in [0.15, 0.2) is 47.2 Å². The SMILES string of the molecule is Cc1ccc(N2C[C@@H](c3nc(-c4ccncc4)no3)CC2=O)cc1F. The Kier molecular flexibility index (Phi) is 3.76. The Hall–Kier alpha value is -3.09. The molecule has 1 fully saturated rings. The molecular weight excluding hydrogens is 323 g/mol. The van der Waals surface area contributed by atoms with E-state index in [2.05, 4.69) is 15.1 Å². The Morgan fingerprint density at radius 2 is 2.04 bits per heavy atom. The van der Waals surface area contributed by atoms with E-state index >= 15 is 0 Å². The standard InChI is InChI=1S/C18H15FN4O2/c1-11-2-3-14(9-15(11)19)23-10-13(8-16(23)24)18-21-17(22-25-18)12-4-6-20-7-5-12/h2-7,9,13H,8,10H2,1H3/t13-/m0/s1. The topological polar surface area (TPSA) is 72.1 Å². The first kappa shape index (κ1) is 15.4. The molecule has 6 nitrogen and oxygen atoms in total. The van der Waals surface area contributed by atoms with Gasteiger partial charge in [-0.3, -0.25) is 9.78 Å². The molecule has 2 aromatic heterocycles. The van der Waals surface area contributed by atoms with Crippen LogP contribution in [-0.2, 0) is 4.79 Å². The highest BCUT2D eigenvalue weighted by molar-refractivity contribution is 5.96. The third kappa shape index (κ3) is 2.88. The van der Waals surface area contributed by atoms with Crippen LogP contribution in [0.3, 0.4) is 0 Å². The number of halogens is 1. The van der Waals surface area contributed by atoms with Crippen molar-refractivity contribution in [1.82, 2.24) is 15.1 Å². The van der Waals surface area contributed by atoms with Crippen molar-refractivity contribution in [3.63, 3.8) is 0 Å². The highest BCUT2D eigenvalue weighted by Crippen LogP contribution is 2.32. The maximum absolute atomic E-state index is 13.8. The lowest BCUT2D eigenvalue weighted by molar-refractivity contribution is -0.117. The Balaban J connectivity index is 1.56. The number of nitrogens with zero attached hydrogens (tertiary/aromatic N) is 4. The highest BCUT2D eigenvalue weighted by Gasteiger charge is 2.35. The Morgan fingerprint density at radius 1 is 1.24 bits per heavy atom. The van der Waals surface area contributed by atoms with E-state index in [0.29, 0.717) is 29.5 Å². The number of hydrogen-bond donors (Lipinski definition) is 0. The molecule has 1 aliphatic heterocycles. The number of rotatable bonds is 3. The molecule has 25 heavy (non-hydrogen) atoms. The summed E-state index contributed by atoms with van der Waals surface area (Å²) in [5.74, 6) is 0.253. The quantitative estimate of drug-likeness (QED) is 0.734. The fourth-order valence-corrected chi connectivity index (χ4v) is 2.89. The molecule has 0 bridgehead atoms. The van der Waals surface area contributed by atoms with Crippen LogP contribution in [0.1, 0.15) is 23.8 Å². The smallest absolute Gasteiger partial charge is 0.232 e. The first-order valence-electron chi connectivity index (χ1n) is 7.92. The largest absolute Gasteiger partial charge is 0.339 e. The zero-order chi connectivity index (χ0) is 17.4. The monoisotopic (exact) mass is 338 g/mol. The maximum Gasteiger partial charge on any atom is 0.232 e. The van der Waals surface area contributed by atoms with Gasteiger partial charge in [0, 0.05) is 36.6 Å². The van der Waals surface area contributed by atoms with Gasteiger partial charge in [-0.05, 0) is 36.8 Å². The Morgan fingerprint density at radius 3 is 2.80 bits per heavy atom. The average molecular weight is 338 g/mol. The van der Waals surface area contributed by atoms with Crippen molar-refractivity contribution in [1.29, 1.82) is 0 Å². The number of benzene rings is 1. The number of carbonyl (C=O) groups excluding carboxylic acids is 1. The maximum atomic E-state index is 13.8. The number of amides is 1. The summed E-state index contributed by atoms with van der Waals surface area (Å²) < 4.78 is 19.1. The van der Waals surface area contributed by atoms with Crippen LogP contribution >= 0.6 is 0 Å². The van der Waals surface area contributed by atoms with Crippen molar-refractivity contribution >= 4 is 11.6 Å². The van der Waals surface area contributed by atoms with Gasteiger partial charge in [-0.15, -0.1) is 0 Å². The van der Waals surface area contributed by atoms with Crippen LogP contribution in [-0.4, -0.2) is 27.6 Å². The first-order valence-corrected chi connectivity index (χ1v) is 7.92. The number of pyridine rings is 1. The molecule has 1 atom stereocenters. The van der Waals surface area contributed by atoms with E-state index in [0.717, 1.165) is 5.56 Å².